The van der Waals surface area contributed by atoms with Crippen molar-refractivity contribution in [3.8, 4) is 0 Å². The third kappa shape index (κ3) is 2.66. The first-order valence-electron chi connectivity index (χ1n) is 5.37. The highest BCUT2D eigenvalue weighted by Crippen LogP contribution is 2.25. The summed E-state index contributed by atoms with van der Waals surface area (Å²) < 4.78 is 25.3. The molecule has 1 aromatic carbocycles. The number of hydrogen-bond donors (Lipinski definition) is 1. The van der Waals surface area contributed by atoms with Gasteiger partial charge in [0.05, 0.1) is 17.1 Å². The fourth-order valence-electron chi connectivity index (χ4n) is 1.60. The molecule has 90 valence electrons. The van der Waals surface area contributed by atoms with Crippen molar-refractivity contribution in [3.63, 3.8) is 0 Å². The van der Waals surface area contributed by atoms with Gasteiger partial charge in [-0.05, 0) is 25.5 Å². The molecule has 0 radical (unpaired) electrons. The van der Waals surface area contributed by atoms with Crippen LogP contribution in [0.1, 0.15) is 20.3 Å². The second kappa shape index (κ2) is 5.21. The topological polar surface area (TPSA) is 63.4 Å². The van der Waals surface area contributed by atoms with Gasteiger partial charge in [-0.2, -0.15) is 0 Å². The average Bonchev–Trinajstić information content (AvgIpc) is 2.21. The Hall–Kier alpha value is -1.23. The minimum absolute atomic E-state index is 0.148. The lowest BCUT2D eigenvalue weighted by Gasteiger charge is -2.23. The first-order valence-corrected chi connectivity index (χ1v) is 6.98. The smallest absolute Gasteiger partial charge is 0.235 e. The average molecular weight is 242 g/mol. The molecule has 0 saturated heterocycles. The summed E-state index contributed by atoms with van der Waals surface area (Å²) in [4.78, 5) is 0. The largest absolute Gasteiger partial charge is 0.397 e. The minimum atomic E-state index is -3.24. The Bertz CT molecular complexity index is 443. The standard InChI is InChI=1S/C11H18N2O2S/c1-3-9-16(14,15)13(4-2)11-8-6-5-7-10(11)12/h5-8H,3-4,9,12H2,1-2H3. The SMILES string of the molecule is CCCS(=O)(=O)N(CC)c1ccccc1N. The van der Waals surface area contributed by atoms with Crippen LogP contribution in [0.5, 0.6) is 0 Å². The number of para-hydroxylation sites is 2. The zero-order chi connectivity index (χ0) is 12.2. The van der Waals surface area contributed by atoms with Crippen LogP contribution in [-0.2, 0) is 10.0 Å². The molecule has 2 N–H and O–H groups in total. The molecule has 0 fully saturated rings. The minimum Gasteiger partial charge on any atom is -0.397 e. The van der Waals surface area contributed by atoms with Gasteiger partial charge in [0.15, 0.2) is 0 Å². The molecular weight excluding hydrogens is 224 g/mol. The first kappa shape index (κ1) is 12.8. The maximum atomic E-state index is 12.0. The van der Waals surface area contributed by atoms with Crippen LogP contribution in [0.3, 0.4) is 0 Å². The van der Waals surface area contributed by atoms with Gasteiger partial charge in [-0.1, -0.05) is 19.1 Å². The molecule has 0 aliphatic carbocycles. The van der Waals surface area contributed by atoms with Crippen LogP contribution in [-0.4, -0.2) is 20.7 Å². The highest BCUT2D eigenvalue weighted by atomic mass is 32.2. The molecule has 0 aliphatic heterocycles. The molecule has 0 amide bonds. The molecule has 0 heterocycles. The van der Waals surface area contributed by atoms with Gasteiger partial charge in [0.25, 0.3) is 0 Å². The summed E-state index contributed by atoms with van der Waals surface area (Å²) in [6.45, 7) is 4.05. The van der Waals surface area contributed by atoms with Gasteiger partial charge in [0.1, 0.15) is 0 Å². The lowest BCUT2D eigenvalue weighted by molar-refractivity contribution is 0.590. The van der Waals surface area contributed by atoms with Gasteiger partial charge in [-0.15, -0.1) is 0 Å². The summed E-state index contributed by atoms with van der Waals surface area (Å²) in [5.41, 5.74) is 6.84. The van der Waals surface area contributed by atoms with Crippen LogP contribution < -0.4 is 10.0 Å². The zero-order valence-corrected chi connectivity index (χ0v) is 10.5. The fourth-order valence-corrected chi connectivity index (χ4v) is 3.20. The summed E-state index contributed by atoms with van der Waals surface area (Å²) in [5.74, 6) is 0.148. The third-order valence-electron chi connectivity index (χ3n) is 2.29. The lowest BCUT2D eigenvalue weighted by atomic mass is 10.3. The number of nitrogens with two attached hydrogens (primary N) is 1. The maximum absolute atomic E-state index is 12.0. The van der Waals surface area contributed by atoms with E-state index in [9.17, 15) is 8.42 Å². The summed E-state index contributed by atoms with van der Waals surface area (Å²) in [5, 5.41) is 0. The van der Waals surface area contributed by atoms with Gasteiger partial charge in [0.2, 0.25) is 10.0 Å². The van der Waals surface area contributed by atoms with E-state index in [2.05, 4.69) is 0 Å². The predicted octanol–water partition coefficient (Wildman–Crippen LogP) is 1.83. The summed E-state index contributed by atoms with van der Waals surface area (Å²) in [7, 11) is -3.24. The van der Waals surface area contributed by atoms with E-state index in [4.69, 9.17) is 5.73 Å². The molecule has 0 spiro atoms. The predicted molar refractivity (Wildman–Crippen MR) is 68.0 cm³/mol. The highest BCUT2D eigenvalue weighted by molar-refractivity contribution is 7.92. The van der Waals surface area contributed by atoms with Crippen molar-refractivity contribution in [1.82, 2.24) is 0 Å². The van der Waals surface area contributed by atoms with Gasteiger partial charge >= 0.3 is 0 Å². The van der Waals surface area contributed by atoms with Gasteiger partial charge in [0, 0.05) is 6.54 Å². The second-order valence-corrected chi connectivity index (χ2v) is 5.55. The molecule has 0 bridgehead atoms. The highest BCUT2D eigenvalue weighted by Gasteiger charge is 2.21. The Balaban J connectivity index is 3.14. The van der Waals surface area contributed by atoms with Crippen molar-refractivity contribution in [3.05, 3.63) is 24.3 Å². The number of nitrogens with zero attached hydrogens (tertiary/aromatic N) is 1. The number of nitrogen functional groups attached to an aromatic ring is 1. The van der Waals surface area contributed by atoms with Gasteiger partial charge in [-0.3, -0.25) is 4.31 Å². The van der Waals surface area contributed by atoms with E-state index in [1.165, 1.54) is 4.31 Å². The van der Waals surface area contributed by atoms with E-state index in [-0.39, 0.29) is 5.75 Å². The maximum Gasteiger partial charge on any atom is 0.235 e. The molecule has 1 aromatic rings. The molecule has 0 atom stereocenters. The quantitative estimate of drug-likeness (QED) is 0.801. The second-order valence-electron chi connectivity index (χ2n) is 3.54. The van der Waals surface area contributed by atoms with Crippen LogP contribution >= 0.6 is 0 Å². The van der Waals surface area contributed by atoms with E-state index >= 15 is 0 Å². The van der Waals surface area contributed by atoms with Crippen molar-refractivity contribution in [2.45, 2.75) is 20.3 Å². The lowest BCUT2D eigenvalue weighted by Crippen LogP contribution is -2.33. The van der Waals surface area contributed by atoms with Crippen molar-refractivity contribution in [2.24, 2.45) is 0 Å². The summed E-state index contributed by atoms with van der Waals surface area (Å²) in [6.07, 6.45) is 0.603. The van der Waals surface area contributed by atoms with Gasteiger partial charge < -0.3 is 5.73 Å². The Morgan fingerprint density at radius 1 is 1.25 bits per heavy atom. The van der Waals surface area contributed by atoms with Crippen LogP contribution in [0.2, 0.25) is 0 Å². The van der Waals surface area contributed by atoms with E-state index in [1.807, 2.05) is 6.92 Å². The van der Waals surface area contributed by atoms with Gasteiger partial charge in [-0.25, -0.2) is 8.42 Å². The Morgan fingerprint density at radius 3 is 2.38 bits per heavy atom. The summed E-state index contributed by atoms with van der Waals surface area (Å²) >= 11 is 0. The molecule has 0 aliphatic rings. The number of rotatable bonds is 5. The molecule has 5 heteroatoms. The van der Waals surface area contributed by atoms with Crippen molar-refractivity contribution in [1.29, 1.82) is 0 Å². The first-order chi connectivity index (χ1) is 7.53. The molecule has 1 rings (SSSR count). The molecule has 0 aromatic heterocycles. The van der Waals surface area contributed by atoms with Crippen LogP contribution in [0, 0.1) is 0 Å². The van der Waals surface area contributed by atoms with Crippen LogP contribution in [0.4, 0.5) is 11.4 Å². The monoisotopic (exact) mass is 242 g/mol. The molecule has 16 heavy (non-hydrogen) atoms. The number of sulfonamides is 1. The summed E-state index contributed by atoms with van der Waals surface area (Å²) in [6, 6.07) is 7.01. The van der Waals surface area contributed by atoms with E-state index in [1.54, 1.807) is 31.2 Å². The normalized spacial score (nSPS) is 11.4. The van der Waals surface area contributed by atoms with Crippen LogP contribution in [0.25, 0.3) is 0 Å². The zero-order valence-electron chi connectivity index (χ0n) is 9.68. The molecular formula is C11H18N2O2S. The molecule has 0 unspecified atom stereocenters. The van der Waals surface area contributed by atoms with E-state index in [0.717, 1.165) is 0 Å². The fraction of sp³-hybridized carbons (Fsp3) is 0.455. The Kier molecular flexibility index (Phi) is 4.18. The Labute approximate surface area is 97.1 Å². The number of benzene rings is 1. The Morgan fingerprint density at radius 2 is 1.88 bits per heavy atom. The molecule has 0 saturated carbocycles. The van der Waals surface area contributed by atoms with Crippen molar-refractivity contribution in [2.75, 3.05) is 22.3 Å². The van der Waals surface area contributed by atoms with Crippen molar-refractivity contribution < 1.29 is 8.42 Å². The van der Waals surface area contributed by atoms with Crippen LogP contribution in [0.15, 0.2) is 24.3 Å². The third-order valence-corrected chi connectivity index (χ3v) is 4.34. The van der Waals surface area contributed by atoms with E-state index < -0.39 is 10.0 Å². The molecule has 4 nitrogen and oxygen atoms in total. The number of anilines is 2. The van der Waals surface area contributed by atoms with E-state index in [0.29, 0.717) is 24.3 Å². The van der Waals surface area contributed by atoms with Crippen molar-refractivity contribution >= 4 is 21.4 Å². The number of hydrogen-bond acceptors (Lipinski definition) is 3.